The molecule has 2 aromatic rings. The van der Waals surface area contributed by atoms with Gasteiger partial charge in [0.2, 0.25) is 0 Å². The van der Waals surface area contributed by atoms with Gasteiger partial charge in [-0.25, -0.2) is 4.79 Å². The Kier molecular flexibility index (Phi) is 3.98. The summed E-state index contributed by atoms with van der Waals surface area (Å²) in [7, 11) is 0. The topological polar surface area (TPSA) is 75.8 Å². The van der Waals surface area contributed by atoms with Gasteiger partial charge < -0.3 is 14.4 Å². The number of benzene rings is 1. The molecule has 0 saturated carbocycles. The minimum absolute atomic E-state index is 0.0776. The van der Waals surface area contributed by atoms with E-state index in [0.717, 1.165) is 44.0 Å². The first-order chi connectivity index (χ1) is 10.2. The van der Waals surface area contributed by atoms with Crippen molar-refractivity contribution in [3.63, 3.8) is 0 Å². The summed E-state index contributed by atoms with van der Waals surface area (Å²) in [5.41, 5.74) is 1.89. The molecule has 1 saturated heterocycles. The Bertz CT molecular complexity index is 632. The Morgan fingerprint density at radius 3 is 2.76 bits per heavy atom. The summed E-state index contributed by atoms with van der Waals surface area (Å²) < 4.78 is 10.5. The molecule has 1 aliphatic rings. The van der Waals surface area contributed by atoms with Gasteiger partial charge in [0.05, 0.1) is 13.2 Å². The molecule has 21 heavy (non-hydrogen) atoms. The molecule has 6 nitrogen and oxygen atoms in total. The molecule has 2 heterocycles. The normalized spacial score (nSPS) is 16.0. The van der Waals surface area contributed by atoms with Gasteiger partial charge in [0.25, 0.3) is 0 Å². The van der Waals surface area contributed by atoms with Gasteiger partial charge in [0.1, 0.15) is 0 Å². The number of hydrogen-bond donors (Lipinski definition) is 1. The van der Waals surface area contributed by atoms with E-state index in [-0.39, 0.29) is 5.69 Å². The third-order valence-corrected chi connectivity index (χ3v) is 3.51. The highest BCUT2D eigenvalue weighted by Gasteiger charge is 2.17. The van der Waals surface area contributed by atoms with Crippen molar-refractivity contribution >= 4 is 5.97 Å². The van der Waals surface area contributed by atoms with Crippen LogP contribution in [-0.2, 0) is 11.3 Å². The van der Waals surface area contributed by atoms with Gasteiger partial charge in [-0.15, -0.1) is 0 Å². The lowest BCUT2D eigenvalue weighted by molar-refractivity contribution is 0.0342. The summed E-state index contributed by atoms with van der Waals surface area (Å²) in [5, 5.41) is 12.5. The van der Waals surface area contributed by atoms with Crippen LogP contribution in [-0.4, -0.2) is 47.4 Å². The first kappa shape index (κ1) is 13.8. The molecule has 0 bridgehead atoms. The van der Waals surface area contributed by atoms with E-state index in [1.54, 1.807) is 0 Å². The first-order valence-electron chi connectivity index (χ1n) is 6.82. The Morgan fingerprint density at radius 2 is 2.05 bits per heavy atom. The van der Waals surface area contributed by atoms with Gasteiger partial charge in [0.15, 0.2) is 11.5 Å². The second kappa shape index (κ2) is 6.07. The summed E-state index contributed by atoms with van der Waals surface area (Å²) >= 11 is 0. The number of morpholine rings is 1. The van der Waals surface area contributed by atoms with Crippen LogP contribution in [0.2, 0.25) is 0 Å². The maximum Gasteiger partial charge on any atom is 0.358 e. The van der Waals surface area contributed by atoms with Crippen LogP contribution >= 0.6 is 0 Å². The number of carboxylic acids is 1. The SMILES string of the molecule is O=C(O)c1cc(-c2ccccc2CN2CCOCC2)on1. The van der Waals surface area contributed by atoms with Crippen LogP contribution in [0.3, 0.4) is 0 Å². The molecular formula is C15H16N2O4. The third kappa shape index (κ3) is 3.12. The zero-order valence-electron chi connectivity index (χ0n) is 11.5. The maximum atomic E-state index is 10.9. The van der Waals surface area contributed by atoms with Gasteiger partial charge in [-0.3, -0.25) is 4.90 Å². The van der Waals surface area contributed by atoms with E-state index in [9.17, 15) is 4.79 Å². The van der Waals surface area contributed by atoms with Gasteiger partial charge in [-0.1, -0.05) is 29.4 Å². The molecular weight excluding hydrogens is 272 g/mol. The molecule has 1 fully saturated rings. The van der Waals surface area contributed by atoms with Crippen molar-refractivity contribution in [3.8, 4) is 11.3 Å². The molecule has 0 atom stereocenters. The average molecular weight is 288 g/mol. The van der Waals surface area contributed by atoms with Crippen molar-refractivity contribution in [2.24, 2.45) is 0 Å². The van der Waals surface area contributed by atoms with Gasteiger partial charge in [0, 0.05) is 31.3 Å². The van der Waals surface area contributed by atoms with Crippen molar-refractivity contribution in [1.82, 2.24) is 10.1 Å². The average Bonchev–Trinajstić information content (AvgIpc) is 2.99. The number of nitrogens with zero attached hydrogens (tertiary/aromatic N) is 2. The minimum atomic E-state index is -1.09. The van der Waals surface area contributed by atoms with Crippen LogP contribution in [0.5, 0.6) is 0 Å². The Morgan fingerprint density at radius 1 is 1.29 bits per heavy atom. The van der Waals surface area contributed by atoms with Crippen molar-refractivity contribution < 1.29 is 19.2 Å². The van der Waals surface area contributed by atoms with E-state index >= 15 is 0 Å². The van der Waals surface area contributed by atoms with Crippen LogP contribution in [0.4, 0.5) is 0 Å². The molecule has 1 aromatic heterocycles. The van der Waals surface area contributed by atoms with Crippen molar-refractivity contribution in [3.05, 3.63) is 41.6 Å². The highest BCUT2D eigenvalue weighted by molar-refractivity contribution is 5.86. The molecule has 0 radical (unpaired) electrons. The number of aromatic carboxylic acids is 1. The van der Waals surface area contributed by atoms with Gasteiger partial charge in [-0.2, -0.15) is 0 Å². The zero-order valence-corrected chi connectivity index (χ0v) is 11.5. The van der Waals surface area contributed by atoms with E-state index in [2.05, 4.69) is 10.1 Å². The van der Waals surface area contributed by atoms with E-state index in [1.165, 1.54) is 6.07 Å². The van der Waals surface area contributed by atoms with Crippen molar-refractivity contribution in [1.29, 1.82) is 0 Å². The molecule has 0 aliphatic carbocycles. The summed E-state index contributed by atoms with van der Waals surface area (Å²) in [4.78, 5) is 13.2. The van der Waals surface area contributed by atoms with Crippen LogP contribution in [0, 0.1) is 0 Å². The highest BCUT2D eigenvalue weighted by Crippen LogP contribution is 2.25. The van der Waals surface area contributed by atoms with Crippen LogP contribution in [0.15, 0.2) is 34.9 Å². The molecule has 0 spiro atoms. The highest BCUT2D eigenvalue weighted by atomic mass is 16.5. The molecule has 1 N–H and O–H groups in total. The fraction of sp³-hybridized carbons (Fsp3) is 0.333. The molecule has 0 amide bonds. The Hall–Kier alpha value is -2.18. The largest absolute Gasteiger partial charge is 0.476 e. The third-order valence-electron chi connectivity index (χ3n) is 3.51. The number of hydrogen-bond acceptors (Lipinski definition) is 5. The van der Waals surface area contributed by atoms with E-state index in [0.29, 0.717) is 5.76 Å². The number of aromatic nitrogens is 1. The fourth-order valence-electron chi connectivity index (χ4n) is 2.40. The van der Waals surface area contributed by atoms with Crippen molar-refractivity contribution in [2.45, 2.75) is 6.54 Å². The lowest BCUT2D eigenvalue weighted by atomic mass is 10.0. The molecule has 1 aromatic carbocycles. The first-order valence-corrected chi connectivity index (χ1v) is 6.82. The fourth-order valence-corrected chi connectivity index (χ4v) is 2.40. The zero-order chi connectivity index (χ0) is 14.7. The summed E-state index contributed by atoms with van der Waals surface area (Å²) in [6.07, 6.45) is 0. The van der Waals surface area contributed by atoms with E-state index < -0.39 is 5.97 Å². The smallest absolute Gasteiger partial charge is 0.358 e. The van der Waals surface area contributed by atoms with Crippen molar-refractivity contribution in [2.75, 3.05) is 26.3 Å². The van der Waals surface area contributed by atoms with E-state index in [1.807, 2.05) is 24.3 Å². The Labute approximate surface area is 121 Å². The standard InChI is InChI=1S/C15H16N2O4/c18-15(19)13-9-14(21-16-13)12-4-2-1-3-11(12)10-17-5-7-20-8-6-17/h1-4,9H,5-8,10H2,(H,18,19). The summed E-state index contributed by atoms with van der Waals surface area (Å²) in [6, 6.07) is 9.27. The number of carbonyl (C=O) groups is 1. The second-order valence-corrected chi connectivity index (χ2v) is 4.93. The quantitative estimate of drug-likeness (QED) is 0.925. The van der Waals surface area contributed by atoms with Gasteiger partial charge in [-0.05, 0) is 5.56 Å². The molecule has 110 valence electrons. The summed E-state index contributed by atoms with van der Waals surface area (Å²) in [5.74, 6) is -0.605. The molecule has 3 rings (SSSR count). The predicted molar refractivity (Wildman–Crippen MR) is 75.0 cm³/mol. The molecule has 1 aliphatic heterocycles. The van der Waals surface area contributed by atoms with Crippen LogP contribution < -0.4 is 0 Å². The second-order valence-electron chi connectivity index (χ2n) is 4.93. The number of rotatable bonds is 4. The van der Waals surface area contributed by atoms with E-state index in [4.69, 9.17) is 14.4 Å². The van der Waals surface area contributed by atoms with Crippen LogP contribution in [0.1, 0.15) is 16.1 Å². The number of ether oxygens (including phenoxy) is 1. The summed E-state index contributed by atoms with van der Waals surface area (Å²) in [6.45, 7) is 4.06. The molecule has 0 unspecified atom stereocenters. The lowest BCUT2D eigenvalue weighted by Gasteiger charge is -2.27. The van der Waals surface area contributed by atoms with Gasteiger partial charge >= 0.3 is 5.97 Å². The monoisotopic (exact) mass is 288 g/mol. The number of carboxylic acid groups (broad SMARTS) is 1. The Balaban J connectivity index is 1.85. The molecule has 6 heteroatoms. The minimum Gasteiger partial charge on any atom is -0.476 e. The lowest BCUT2D eigenvalue weighted by Crippen LogP contribution is -2.35. The predicted octanol–water partition coefficient (Wildman–Crippen LogP) is 1.87. The van der Waals surface area contributed by atoms with Crippen LogP contribution in [0.25, 0.3) is 11.3 Å². The maximum absolute atomic E-state index is 10.9.